The third-order valence-corrected chi connectivity index (χ3v) is 8.50. The maximum absolute atomic E-state index is 12.8. The molecule has 4 aliphatic rings. The highest BCUT2D eigenvalue weighted by atomic mass is 35.5. The average molecular weight is 436 g/mol. The summed E-state index contributed by atoms with van der Waals surface area (Å²) in [7, 11) is 0. The molecule has 1 N–H and O–H groups in total. The zero-order valence-electron chi connectivity index (χ0n) is 18.0. The maximum atomic E-state index is 12.8. The number of hydrogen-bond donors (Lipinski definition) is 1. The highest BCUT2D eigenvalue weighted by Crippen LogP contribution is 2.54. The van der Waals surface area contributed by atoms with Crippen molar-refractivity contribution < 1.29 is 0 Å². The summed E-state index contributed by atoms with van der Waals surface area (Å²) in [6.07, 6.45) is 12.6. The van der Waals surface area contributed by atoms with Crippen LogP contribution in [0.1, 0.15) is 73.5 Å². The van der Waals surface area contributed by atoms with Crippen molar-refractivity contribution in [2.75, 3.05) is 13.1 Å². The average Bonchev–Trinajstić information content (AvgIpc) is 3.35. The van der Waals surface area contributed by atoms with Crippen molar-refractivity contribution in [1.29, 1.82) is 0 Å². The number of likely N-dealkylation sites (tertiary alicyclic amines) is 1. The Labute approximate surface area is 188 Å². The molecule has 0 unspecified atom stereocenters. The van der Waals surface area contributed by atoms with Crippen LogP contribution in [-0.4, -0.2) is 34.0 Å². The lowest BCUT2D eigenvalue weighted by Crippen LogP contribution is -2.39. The number of benzene rings is 1. The molecule has 1 saturated heterocycles. The number of rotatable bonds is 3. The molecular formula is C26H30ClN3O. The molecular weight excluding hydrogens is 406 g/mol. The van der Waals surface area contributed by atoms with E-state index >= 15 is 0 Å². The van der Waals surface area contributed by atoms with Gasteiger partial charge >= 0.3 is 0 Å². The largest absolute Gasteiger partial charge is 0.307 e. The van der Waals surface area contributed by atoms with Crippen LogP contribution in [0.4, 0.5) is 0 Å². The molecule has 6 rings (SSSR count). The summed E-state index contributed by atoms with van der Waals surface area (Å²) in [5.74, 6) is 1.46. The number of aryl methyl sites for hydroxylation is 1. The number of nitrogens with zero attached hydrogens (tertiary/aromatic N) is 2. The Morgan fingerprint density at radius 3 is 2.55 bits per heavy atom. The fourth-order valence-corrected chi connectivity index (χ4v) is 6.15. The normalized spacial score (nSPS) is 25.5. The molecule has 2 fully saturated rings. The highest BCUT2D eigenvalue weighted by molar-refractivity contribution is 6.30. The van der Waals surface area contributed by atoms with Gasteiger partial charge < -0.3 is 4.98 Å². The molecule has 162 valence electrons. The van der Waals surface area contributed by atoms with Crippen molar-refractivity contribution in [3.05, 3.63) is 68.4 Å². The molecule has 1 spiro atoms. The van der Waals surface area contributed by atoms with Crippen LogP contribution in [0.15, 0.2) is 35.1 Å². The van der Waals surface area contributed by atoms with Gasteiger partial charge in [-0.25, -0.2) is 4.98 Å². The second-order valence-electron chi connectivity index (χ2n) is 10.2. The molecule has 5 heteroatoms. The number of allylic oxidation sites excluding steroid dienone is 1. The molecule has 0 bridgehead atoms. The first-order valence-corrected chi connectivity index (χ1v) is 12.3. The lowest BCUT2D eigenvalue weighted by Gasteiger charge is -2.35. The first kappa shape index (κ1) is 19.8. The van der Waals surface area contributed by atoms with E-state index in [1.54, 1.807) is 0 Å². The summed E-state index contributed by atoms with van der Waals surface area (Å²) in [6, 6.07) is 8.84. The van der Waals surface area contributed by atoms with Gasteiger partial charge in [0, 0.05) is 16.6 Å². The van der Waals surface area contributed by atoms with Crippen LogP contribution in [0.3, 0.4) is 0 Å². The molecule has 4 nitrogen and oxygen atoms in total. The van der Waals surface area contributed by atoms with Gasteiger partial charge in [0.25, 0.3) is 5.56 Å². The predicted molar refractivity (Wildman–Crippen MR) is 125 cm³/mol. The number of nitrogens with one attached hydrogen (secondary N) is 1. The third kappa shape index (κ3) is 3.78. The molecule has 2 heterocycles. The van der Waals surface area contributed by atoms with E-state index in [1.165, 1.54) is 43.2 Å². The molecule has 3 aliphatic carbocycles. The number of hydrogen-bond acceptors (Lipinski definition) is 3. The van der Waals surface area contributed by atoms with Crippen LogP contribution in [0.2, 0.25) is 5.02 Å². The van der Waals surface area contributed by atoms with Gasteiger partial charge in [0.15, 0.2) is 0 Å². The van der Waals surface area contributed by atoms with Crippen molar-refractivity contribution in [3.63, 3.8) is 0 Å². The molecule has 2 aromatic rings. The van der Waals surface area contributed by atoms with Gasteiger partial charge in [-0.15, -0.1) is 0 Å². The first-order valence-electron chi connectivity index (χ1n) is 11.9. The molecule has 0 radical (unpaired) electrons. The van der Waals surface area contributed by atoms with Crippen molar-refractivity contribution in [3.8, 4) is 0 Å². The SMILES string of the molecule is O=c1[nH]c(C2=C[C@H](N3CCC(c4ccc(Cl)cc4)CC3)CC2)nc2c1CC1(CC2)CC1. The van der Waals surface area contributed by atoms with Gasteiger partial charge in [-0.05, 0) is 105 Å². The molecule has 31 heavy (non-hydrogen) atoms. The summed E-state index contributed by atoms with van der Waals surface area (Å²) in [5.41, 5.74) is 5.22. The number of piperidine rings is 1. The Morgan fingerprint density at radius 2 is 1.81 bits per heavy atom. The summed E-state index contributed by atoms with van der Waals surface area (Å²) < 4.78 is 0. The Balaban J connectivity index is 1.14. The van der Waals surface area contributed by atoms with E-state index < -0.39 is 0 Å². The fraction of sp³-hybridized carbons (Fsp3) is 0.538. The molecule has 1 atom stereocenters. The summed E-state index contributed by atoms with van der Waals surface area (Å²) in [6.45, 7) is 2.25. The molecule has 1 aromatic carbocycles. The highest BCUT2D eigenvalue weighted by Gasteiger charge is 2.45. The monoisotopic (exact) mass is 435 g/mol. The van der Waals surface area contributed by atoms with Gasteiger partial charge in [-0.1, -0.05) is 29.8 Å². The number of aromatic nitrogens is 2. The van der Waals surface area contributed by atoms with E-state index in [1.807, 2.05) is 12.1 Å². The standard InChI is InChI=1S/C26H30ClN3O/c27-20-4-1-17(2-5-20)18-8-13-30(14-9-18)21-6-3-19(15-21)24-28-23-7-10-26(11-12-26)16-22(23)25(31)29-24/h1-2,4-5,15,18,21H,3,6-14,16H2,(H,28,29,31)/t21-/m1/s1. The van der Waals surface area contributed by atoms with E-state index in [-0.39, 0.29) is 5.56 Å². The van der Waals surface area contributed by atoms with Gasteiger partial charge in [-0.2, -0.15) is 0 Å². The Bertz CT molecular complexity index is 1070. The lowest BCUT2D eigenvalue weighted by molar-refractivity contribution is 0.176. The Morgan fingerprint density at radius 1 is 1.03 bits per heavy atom. The summed E-state index contributed by atoms with van der Waals surface area (Å²) in [5, 5.41) is 0.811. The first-order chi connectivity index (χ1) is 15.1. The van der Waals surface area contributed by atoms with Gasteiger partial charge in [-0.3, -0.25) is 9.69 Å². The number of fused-ring (bicyclic) bond motifs is 1. The molecule has 1 aliphatic heterocycles. The van der Waals surface area contributed by atoms with Crippen LogP contribution < -0.4 is 5.56 Å². The van der Waals surface area contributed by atoms with E-state index in [4.69, 9.17) is 16.6 Å². The zero-order chi connectivity index (χ0) is 21.0. The minimum Gasteiger partial charge on any atom is -0.307 e. The lowest BCUT2D eigenvalue weighted by atomic mass is 9.84. The second-order valence-corrected chi connectivity index (χ2v) is 10.6. The van der Waals surface area contributed by atoms with E-state index in [9.17, 15) is 4.79 Å². The van der Waals surface area contributed by atoms with Crippen LogP contribution >= 0.6 is 11.6 Å². The van der Waals surface area contributed by atoms with E-state index in [2.05, 4.69) is 28.1 Å². The Kier molecular flexibility index (Phi) is 4.84. The van der Waals surface area contributed by atoms with Crippen LogP contribution in [0.25, 0.3) is 5.57 Å². The van der Waals surface area contributed by atoms with Crippen molar-refractivity contribution in [2.24, 2.45) is 5.41 Å². The summed E-state index contributed by atoms with van der Waals surface area (Å²) >= 11 is 6.05. The van der Waals surface area contributed by atoms with E-state index in [0.717, 1.165) is 60.9 Å². The van der Waals surface area contributed by atoms with Crippen molar-refractivity contribution in [2.45, 2.75) is 69.7 Å². The minimum absolute atomic E-state index is 0.110. The van der Waals surface area contributed by atoms with Crippen molar-refractivity contribution >= 4 is 17.2 Å². The van der Waals surface area contributed by atoms with Crippen molar-refractivity contribution in [1.82, 2.24) is 14.9 Å². The number of halogens is 1. The van der Waals surface area contributed by atoms with Gasteiger partial charge in [0.2, 0.25) is 0 Å². The molecule has 1 saturated carbocycles. The number of aromatic amines is 1. The Hall–Kier alpha value is -1.91. The smallest absolute Gasteiger partial charge is 0.254 e. The van der Waals surface area contributed by atoms with Crippen LogP contribution in [-0.2, 0) is 12.8 Å². The fourth-order valence-electron chi connectivity index (χ4n) is 6.02. The number of H-pyrrole nitrogens is 1. The zero-order valence-corrected chi connectivity index (χ0v) is 18.8. The topological polar surface area (TPSA) is 49.0 Å². The maximum Gasteiger partial charge on any atom is 0.254 e. The third-order valence-electron chi connectivity index (χ3n) is 8.25. The van der Waals surface area contributed by atoms with Gasteiger partial charge in [0.05, 0.1) is 5.69 Å². The predicted octanol–water partition coefficient (Wildman–Crippen LogP) is 5.12. The van der Waals surface area contributed by atoms with E-state index in [0.29, 0.717) is 17.4 Å². The molecule has 1 aromatic heterocycles. The summed E-state index contributed by atoms with van der Waals surface area (Å²) in [4.78, 5) is 23.5. The molecule has 0 amide bonds. The van der Waals surface area contributed by atoms with Gasteiger partial charge in [0.1, 0.15) is 5.82 Å². The minimum atomic E-state index is 0.110. The quantitative estimate of drug-likeness (QED) is 0.728. The van der Waals surface area contributed by atoms with Crippen LogP contribution in [0, 0.1) is 5.41 Å². The van der Waals surface area contributed by atoms with Crippen LogP contribution in [0.5, 0.6) is 0 Å². The second kappa shape index (κ2) is 7.60.